The van der Waals surface area contributed by atoms with Crippen LogP contribution < -0.4 is 5.32 Å². The fraction of sp³-hybridized carbons (Fsp3) is 0.455. The van der Waals surface area contributed by atoms with Crippen LogP contribution in [0.4, 0.5) is 0 Å². The standard InChI is InChI=1S/C11H17NO/c1-2-13-9-8-12-10-11-6-4-3-5-7-11/h3-7,12H,2,8-10H2,1H3/i2D2,9D2. The largest absolute Gasteiger partial charge is 0.380 e. The molecule has 2 heteroatoms. The second-order valence-electron chi connectivity index (χ2n) is 2.54. The van der Waals surface area contributed by atoms with E-state index in [2.05, 4.69) is 10.1 Å². The monoisotopic (exact) mass is 183 g/mol. The highest BCUT2D eigenvalue weighted by atomic mass is 16.5. The van der Waals surface area contributed by atoms with Crippen LogP contribution in [0.15, 0.2) is 30.3 Å². The van der Waals surface area contributed by atoms with E-state index in [1.165, 1.54) is 6.92 Å². The van der Waals surface area contributed by atoms with Gasteiger partial charge in [0.15, 0.2) is 0 Å². The number of hydrogen-bond donors (Lipinski definition) is 1. The van der Waals surface area contributed by atoms with Gasteiger partial charge in [-0.2, -0.15) is 0 Å². The zero-order chi connectivity index (χ0) is 12.9. The molecule has 0 spiro atoms. The SMILES string of the molecule is [2H]C([2H])(C)OC([2H])([2H])CNCc1ccccc1. The number of benzene rings is 1. The van der Waals surface area contributed by atoms with Gasteiger partial charge in [-0.3, -0.25) is 0 Å². The van der Waals surface area contributed by atoms with Crippen molar-refractivity contribution >= 4 is 0 Å². The average molecular weight is 183 g/mol. The molecule has 1 rings (SSSR count). The Hall–Kier alpha value is -0.860. The zero-order valence-electron chi connectivity index (χ0n) is 11.7. The molecule has 1 aromatic carbocycles. The summed E-state index contributed by atoms with van der Waals surface area (Å²) in [6, 6.07) is 9.60. The maximum Gasteiger partial charge on any atom is 0.0590 e. The minimum absolute atomic E-state index is 0.0603. The second kappa shape index (κ2) is 6.63. The fourth-order valence-electron chi connectivity index (χ4n) is 0.962. The highest BCUT2D eigenvalue weighted by Gasteiger charge is 1.89. The van der Waals surface area contributed by atoms with E-state index < -0.39 is 13.1 Å². The first-order valence-electron chi connectivity index (χ1n) is 6.23. The highest BCUT2D eigenvalue weighted by molar-refractivity contribution is 5.14. The molecule has 1 N–H and O–H groups in total. The molecule has 0 aromatic heterocycles. The van der Waals surface area contributed by atoms with Gasteiger partial charge in [0.25, 0.3) is 0 Å². The van der Waals surface area contributed by atoms with Gasteiger partial charge in [0.2, 0.25) is 0 Å². The first kappa shape index (κ1) is 5.78. The van der Waals surface area contributed by atoms with Crippen LogP contribution >= 0.6 is 0 Å². The number of hydrogen-bond acceptors (Lipinski definition) is 2. The molecule has 0 aliphatic heterocycles. The predicted octanol–water partition coefficient (Wildman–Crippen LogP) is 1.81. The van der Waals surface area contributed by atoms with Crippen molar-refractivity contribution in [2.75, 3.05) is 19.7 Å². The lowest BCUT2D eigenvalue weighted by molar-refractivity contribution is 0.149. The third-order valence-electron chi connectivity index (χ3n) is 1.54. The Bertz CT molecular complexity index is 337. The third kappa shape index (κ3) is 4.65. The smallest absolute Gasteiger partial charge is 0.0590 e. The summed E-state index contributed by atoms with van der Waals surface area (Å²) in [5.74, 6) is 0. The molecule has 0 fully saturated rings. The van der Waals surface area contributed by atoms with Crippen LogP contribution in [0.2, 0.25) is 0 Å². The Morgan fingerprint density at radius 3 is 2.85 bits per heavy atom. The van der Waals surface area contributed by atoms with Gasteiger partial charge in [-0.1, -0.05) is 30.3 Å². The summed E-state index contributed by atoms with van der Waals surface area (Å²) in [5.41, 5.74) is 1.04. The number of rotatable bonds is 6. The summed E-state index contributed by atoms with van der Waals surface area (Å²) >= 11 is 0. The van der Waals surface area contributed by atoms with Crippen LogP contribution in [0.3, 0.4) is 0 Å². The quantitative estimate of drug-likeness (QED) is 0.726. The Balaban J connectivity index is 2.35. The molecule has 2 nitrogen and oxygen atoms in total. The Morgan fingerprint density at radius 1 is 1.38 bits per heavy atom. The lowest BCUT2D eigenvalue weighted by Gasteiger charge is -2.04. The maximum atomic E-state index is 7.49. The Morgan fingerprint density at radius 2 is 2.15 bits per heavy atom. The van der Waals surface area contributed by atoms with E-state index in [0.717, 1.165) is 5.56 Å². The van der Waals surface area contributed by atoms with Crippen molar-refractivity contribution in [3.63, 3.8) is 0 Å². The molecule has 0 heterocycles. The summed E-state index contributed by atoms with van der Waals surface area (Å²) in [5, 5.41) is 2.90. The van der Waals surface area contributed by atoms with E-state index in [4.69, 9.17) is 5.48 Å². The minimum atomic E-state index is -2.02. The van der Waals surface area contributed by atoms with E-state index in [-0.39, 0.29) is 6.54 Å². The van der Waals surface area contributed by atoms with E-state index in [1.807, 2.05) is 30.3 Å². The predicted molar refractivity (Wildman–Crippen MR) is 54.6 cm³/mol. The molecule has 0 radical (unpaired) electrons. The average Bonchev–Trinajstić information content (AvgIpc) is 2.15. The number of ether oxygens (including phenoxy) is 1. The van der Waals surface area contributed by atoms with Crippen LogP contribution in [-0.2, 0) is 11.3 Å². The van der Waals surface area contributed by atoms with Crippen molar-refractivity contribution in [1.82, 2.24) is 5.32 Å². The van der Waals surface area contributed by atoms with Gasteiger partial charge in [0.05, 0.1) is 12.0 Å². The van der Waals surface area contributed by atoms with E-state index >= 15 is 0 Å². The molecular weight excluding hydrogens is 162 g/mol. The van der Waals surface area contributed by atoms with Gasteiger partial charge < -0.3 is 10.1 Å². The van der Waals surface area contributed by atoms with Crippen molar-refractivity contribution in [2.24, 2.45) is 0 Å². The molecule has 0 saturated heterocycles. The van der Waals surface area contributed by atoms with Crippen molar-refractivity contribution in [3.8, 4) is 0 Å². The molecule has 1 aromatic rings. The van der Waals surface area contributed by atoms with Crippen LogP contribution in [0, 0.1) is 0 Å². The van der Waals surface area contributed by atoms with Crippen LogP contribution in [0.1, 0.15) is 18.0 Å². The third-order valence-corrected chi connectivity index (χ3v) is 1.54. The summed E-state index contributed by atoms with van der Waals surface area (Å²) in [4.78, 5) is 0. The van der Waals surface area contributed by atoms with Gasteiger partial charge in [0.1, 0.15) is 0 Å². The first-order valence-corrected chi connectivity index (χ1v) is 4.23. The van der Waals surface area contributed by atoms with Crippen molar-refractivity contribution in [3.05, 3.63) is 35.9 Å². The van der Waals surface area contributed by atoms with Crippen LogP contribution in [-0.4, -0.2) is 19.7 Å². The van der Waals surface area contributed by atoms with Crippen molar-refractivity contribution in [1.29, 1.82) is 0 Å². The first-order chi connectivity index (χ1) is 7.79. The summed E-state index contributed by atoms with van der Waals surface area (Å²) in [6.45, 7) is -2.35. The lowest BCUT2D eigenvalue weighted by atomic mass is 10.2. The zero-order valence-corrected chi connectivity index (χ0v) is 7.71. The minimum Gasteiger partial charge on any atom is -0.380 e. The normalized spacial score (nSPS) is 17.0. The molecule has 0 atom stereocenters. The van der Waals surface area contributed by atoms with Crippen LogP contribution in [0.25, 0.3) is 0 Å². The Kier molecular flexibility index (Phi) is 2.95. The van der Waals surface area contributed by atoms with E-state index in [1.54, 1.807) is 0 Å². The highest BCUT2D eigenvalue weighted by Crippen LogP contribution is 1.96. The second-order valence-corrected chi connectivity index (χ2v) is 2.54. The summed E-state index contributed by atoms with van der Waals surface area (Å²) in [6.07, 6.45) is 0. The Labute approximate surface area is 85.5 Å². The summed E-state index contributed by atoms with van der Waals surface area (Å²) < 4.78 is 34.0. The van der Waals surface area contributed by atoms with Crippen LogP contribution in [0.5, 0.6) is 0 Å². The molecule has 0 unspecified atom stereocenters. The van der Waals surface area contributed by atoms with Gasteiger partial charge in [0, 0.05) is 19.6 Å². The molecule has 0 amide bonds. The van der Waals surface area contributed by atoms with Crippen molar-refractivity contribution in [2.45, 2.75) is 13.5 Å². The van der Waals surface area contributed by atoms with Gasteiger partial charge in [-0.25, -0.2) is 0 Å². The molecule has 13 heavy (non-hydrogen) atoms. The van der Waals surface area contributed by atoms with Crippen molar-refractivity contribution < 1.29 is 10.2 Å². The molecule has 72 valence electrons. The molecule has 0 bridgehead atoms. The fourth-order valence-corrected chi connectivity index (χ4v) is 0.962. The van der Waals surface area contributed by atoms with Gasteiger partial charge in [-0.05, 0) is 12.5 Å². The lowest BCUT2D eigenvalue weighted by Crippen LogP contribution is -2.19. The topological polar surface area (TPSA) is 21.3 Å². The maximum absolute atomic E-state index is 7.49. The number of nitrogens with one attached hydrogen (secondary N) is 1. The summed E-state index contributed by atoms with van der Waals surface area (Å²) in [7, 11) is 0. The molecule has 0 aliphatic carbocycles. The van der Waals surface area contributed by atoms with Gasteiger partial charge >= 0.3 is 0 Å². The molecule has 0 aliphatic rings. The molecular formula is C11H17NO. The molecule has 0 saturated carbocycles. The van der Waals surface area contributed by atoms with E-state index in [9.17, 15) is 0 Å². The van der Waals surface area contributed by atoms with E-state index in [0.29, 0.717) is 6.54 Å². The van der Waals surface area contributed by atoms with Gasteiger partial charge in [-0.15, -0.1) is 0 Å².